The molecule has 0 bridgehead atoms. The van der Waals surface area contributed by atoms with Crippen LogP contribution in [0.15, 0.2) is 52.9 Å². The van der Waals surface area contributed by atoms with E-state index in [0.717, 1.165) is 17.5 Å². The second kappa shape index (κ2) is 8.24. The van der Waals surface area contributed by atoms with Crippen molar-refractivity contribution < 1.29 is 31.9 Å². The molecule has 1 aliphatic heterocycles. The minimum absolute atomic E-state index is 0.0915. The van der Waals surface area contributed by atoms with Gasteiger partial charge in [0.25, 0.3) is 5.91 Å². The standard InChI is InChI=1S/C22H17F3N4O4/c23-22(24,25)33-14-7-5-13(6-8-14)26-21(30)19-27-17-15-3-1-2-4-16(15)32-18(17)20(28-19)29-9-11-31-12-10-29/h1-8H,9-12H2,(H,26,30). The molecule has 2 aromatic carbocycles. The fourth-order valence-electron chi connectivity index (χ4n) is 3.59. The van der Waals surface area contributed by atoms with Gasteiger partial charge in [0.1, 0.15) is 16.8 Å². The fraction of sp³-hybridized carbons (Fsp3) is 0.227. The largest absolute Gasteiger partial charge is 0.573 e. The molecule has 170 valence electrons. The van der Waals surface area contributed by atoms with Crippen molar-refractivity contribution in [3.8, 4) is 5.75 Å². The zero-order valence-electron chi connectivity index (χ0n) is 17.1. The summed E-state index contributed by atoms with van der Waals surface area (Å²) in [5.41, 5.74) is 1.86. The Morgan fingerprint density at radius 3 is 2.48 bits per heavy atom. The number of nitrogens with zero attached hydrogens (tertiary/aromatic N) is 3. The summed E-state index contributed by atoms with van der Waals surface area (Å²) in [7, 11) is 0. The monoisotopic (exact) mass is 458 g/mol. The van der Waals surface area contributed by atoms with Crippen molar-refractivity contribution in [3.63, 3.8) is 0 Å². The quantitative estimate of drug-likeness (QED) is 0.486. The smallest absolute Gasteiger partial charge is 0.450 e. The van der Waals surface area contributed by atoms with E-state index in [-0.39, 0.29) is 11.5 Å². The second-order valence-electron chi connectivity index (χ2n) is 7.27. The van der Waals surface area contributed by atoms with Gasteiger partial charge in [-0.05, 0) is 36.4 Å². The fourth-order valence-corrected chi connectivity index (χ4v) is 3.59. The molecule has 1 N–H and O–H groups in total. The summed E-state index contributed by atoms with van der Waals surface area (Å²) >= 11 is 0. The number of amides is 1. The Morgan fingerprint density at radius 2 is 1.76 bits per heavy atom. The molecular formula is C22H17F3N4O4. The zero-order valence-corrected chi connectivity index (χ0v) is 17.1. The van der Waals surface area contributed by atoms with E-state index in [4.69, 9.17) is 9.15 Å². The number of halogens is 3. The lowest BCUT2D eigenvalue weighted by Gasteiger charge is -2.27. The number of alkyl halides is 3. The Labute approximate surface area is 184 Å². The van der Waals surface area contributed by atoms with Gasteiger partial charge < -0.3 is 24.1 Å². The summed E-state index contributed by atoms with van der Waals surface area (Å²) in [5, 5.41) is 3.35. The number of carbonyl (C=O) groups excluding carboxylic acids is 1. The van der Waals surface area contributed by atoms with E-state index in [1.54, 1.807) is 0 Å². The number of rotatable bonds is 4. The van der Waals surface area contributed by atoms with Gasteiger partial charge in [-0.25, -0.2) is 9.97 Å². The number of hydrogen-bond acceptors (Lipinski definition) is 7. The topological polar surface area (TPSA) is 89.7 Å². The summed E-state index contributed by atoms with van der Waals surface area (Å²) < 4.78 is 52.3. The van der Waals surface area contributed by atoms with Crippen LogP contribution in [0, 0.1) is 0 Å². The van der Waals surface area contributed by atoms with Crippen LogP contribution in [0.2, 0.25) is 0 Å². The Morgan fingerprint density at radius 1 is 1.03 bits per heavy atom. The highest BCUT2D eigenvalue weighted by atomic mass is 19.4. The van der Waals surface area contributed by atoms with Gasteiger partial charge in [-0.15, -0.1) is 13.2 Å². The summed E-state index contributed by atoms with van der Waals surface area (Å²) in [6.45, 7) is 2.18. The average Bonchev–Trinajstić information content (AvgIpc) is 3.18. The Bertz CT molecular complexity index is 1320. The second-order valence-corrected chi connectivity index (χ2v) is 7.27. The molecule has 0 atom stereocenters. The summed E-state index contributed by atoms with van der Waals surface area (Å²) in [6.07, 6.45) is -4.79. The lowest BCUT2D eigenvalue weighted by atomic mass is 10.2. The van der Waals surface area contributed by atoms with Crippen molar-refractivity contribution >= 4 is 39.5 Å². The van der Waals surface area contributed by atoms with Crippen LogP contribution < -0.4 is 15.0 Å². The molecule has 0 spiro atoms. The third kappa shape index (κ3) is 4.40. The zero-order chi connectivity index (χ0) is 23.0. The van der Waals surface area contributed by atoms with Crippen LogP contribution in [-0.4, -0.2) is 48.5 Å². The molecule has 0 unspecified atom stereocenters. The van der Waals surface area contributed by atoms with Crippen molar-refractivity contribution in [2.75, 3.05) is 36.5 Å². The summed E-state index contributed by atoms with van der Waals surface area (Å²) in [5.74, 6) is -0.608. The number of para-hydroxylation sites is 1. The van der Waals surface area contributed by atoms with Crippen LogP contribution in [-0.2, 0) is 4.74 Å². The van der Waals surface area contributed by atoms with Crippen LogP contribution in [0.4, 0.5) is 24.7 Å². The maximum atomic E-state index is 12.9. The number of anilines is 2. The lowest BCUT2D eigenvalue weighted by molar-refractivity contribution is -0.274. The third-order valence-electron chi connectivity index (χ3n) is 5.06. The normalized spacial score (nSPS) is 14.6. The molecule has 33 heavy (non-hydrogen) atoms. The van der Waals surface area contributed by atoms with Crippen LogP contribution in [0.3, 0.4) is 0 Å². The van der Waals surface area contributed by atoms with Crippen LogP contribution in [0.25, 0.3) is 22.1 Å². The lowest BCUT2D eigenvalue weighted by Crippen LogP contribution is -2.37. The first-order valence-electron chi connectivity index (χ1n) is 10.1. The number of nitrogens with one attached hydrogen (secondary N) is 1. The van der Waals surface area contributed by atoms with Gasteiger partial charge in [0, 0.05) is 24.2 Å². The van der Waals surface area contributed by atoms with Crippen LogP contribution in [0.1, 0.15) is 10.6 Å². The van der Waals surface area contributed by atoms with Gasteiger partial charge in [-0.2, -0.15) is 0 Å². The molecule has 11 heteroatoms. The van der Waals surface area contributed by atoms with Crippen molar-refractivity contribution in [2.24, 2.45) is 0 Å². The Balaban J connectivity index is 1.49. The van der Waals surface area contributed by atoms with Gasteiger partial charge in [-0.1, -0.05) is 12.1 Å². The number of fused-ring (bicyclic) bond motifs is 3. The van der Waals surface area contributed by atoms with Gasteiger partial charge in [0.15, 0.2) is 11.4 Å². The van der Waals surface area contributed by atoms with Crippen LogP contribution >= 0.6 is 0 Å². The number of hydrogen-bond donors (Lipinski definition) is 1. The van der Waals surface area contributed by atoms with E-state index < -0.39 is 18.0 Å². The van der Waals surface area contributed by atoms with E-state index in [0.29, 0.717) is 48.8 Å². The molecule has 0 saturated carbocycles. The van der Waals surface area contributed by atoms with Gasteiger partial charge >= 0.3 is 6.36 Å². The van der Waals surface area contributed by atoms with E-state index in [1.807, 2.05) is 29.2 Å². The third-order valence-corrected chi connectivity index (χ3v) is 5.06. The first-order valence-corrected chi connectivity index (χ1v) is 10.1. The molecule has 5 rings (SSSR count). The highest BCUT2D eigenvalue weighted by molar-refractivity contribution is 6.09. The van der Waals surface area contributed by atoms with E-state index in [2.05, 4.69) is 20.0 Å². The molecular weight excluding hydrogens is 441 g/mol. The van der Waals surface area contributed by atoms with E-state index in [1.165, 1.54) is 12.1 Å². The minimum atomic E-state index is -4.79. The van der Waals surface area contributed by atoms with Gasteiger partial charge in [0.2, 0.25) is 5.82 Å². The molecule has 0 aliphatic carbocycles. The van der Waals surface area contributed by atoms with Gasteiger partial charge in [-0.3, -0.25) is 4.79 Å². The molecule has 3 heterocycles. The van der Waals surface area contributed by atoms with E-state index >= 15 is 0 Å². The van der Waals surface area contributed by atoms with E-state index in [9.17, 15) is 18.0 Å². The maximum absolute atomic E-state index is 12.9. The first-order chi connectivity index (χ1) is 15.9. The predicted molar refractivity (Wildman–Crippen MR) is 113 cm³/mol. The first kappa shape index (κ1) is 21.0. The minimum Gasteiger partial charge on any atom is -0.450 e. The average molecular weight is 458 g/mol. The molecule has 2 aromatic heterocycles. The molecule has 1 saturated heterocycles. The number of ether oxygens (including phenoxy) is 2. The molecule has 4 aromatic rings. The molecule has 1 fully saturated rings. The number of morpholine rings is 1. The molecule has 0 radical (unpaired) electrons. The molecule has 1 aliphatic rings. The Kier molecular flexibility index (Phi) is 5.25. The number of aromatic nitrogens is 2. The SMILES string of the molecule is O=C(Nc1ccc(OC(F)(F)F)cc1)c1nc(N2CCOCC2)c2oc3ccccc3c2n1. The van der Waals surface area contributed by atoms with Crippen molar-refractivity contribution in [1.82, 2.24) is 9.97 Å². The number of furan rings is 1. The number of carbonyl (C=O) groups is 1. The number of benzene rings is 2. The Hall–Kier alpha value is -3.86. The van der Waals surface area contributed by atoms with Crippen molar-refractivity contribution in [1.29, 1.82) is 0 Å². The summed E-state index contributed by atoms with van der Waals surface area (Å²) in [6, 6.07) is 12.2. The highest BCUT2D eigenvalue weighted by Crippen LogP contribution is 2.33. The van der Waals surface area contributed by atoms with Gasteiger partial charge in [0.05, 0.1) is 13.2 Å². The molecule has 1 amide bonds. The highest BCUT2D eigenvalue weighted by Gasteiger charge is 2.31. The van der Waals surface area contributed by atoms with Crippen molar-refractivity contribution in [2.45, 2.75) is 6.36 Å². The predicted octanol–water partition coefficient (Wildman–Crippen LogP) is 4.36. The van der Waals surface area contributed by atoms with Crippen molar-refractivity contribution in [3.05, 3.63) is 54.4 Å². The summed E-state index contributed by atoms with van der Waals surface area (Å²) in [4.78, 5) is 23.8. The molecule has 8 nitrogen and oxygen atoms in total. The van der Waals surface area contributed by atoms with Crippen LogP contribution in [0.5, 0.6) is 5.75 Å². The maximum Gasteiger partial charge on any atom is 0.573 e.